The normalized spacial score (nSPS) is 27.4. The first kappa shape index (κ1) is 15.7. The summed E-state index contributed by atoms with van der Waals surface area (Å²) in [6, 6.07) is 3.91. The van der Waals surface area contributed by atoms with Crippen LogP contribution in [0.2, 0.25) is 15.1 Å². The predicted octanol–water partition coefficient (Wildman–Crippen LogP) is 5.34. The van der Waals surface area contributed by atoms with Crippen LogP contribution in [0.25, 0.3) is 0 Å². The van der Waals surface area contributed by atoms with E-state index in [-0.39, 0.29) is 11.5 Å². The van der Waals surface area contributed by atoms with Crippen LogP contribution in [0.1, 0.15) is 38.5 Å². The summed E-state index contributed by atoms with van der Waals surface area (Å²) in [6.45, 7) is 0. The molecule has 1 aromatic carbocycles. The van der Waals surface area contributed by atoms with Crippen molar-refractivity contribution < 1.29 is 4.74 Å². The average molecular weight is 349 g/mol. The molecule has 1 spiro atoms. The van der Waals surface area contributed by atoms with Gasteiger partial charge in [0.1, 0.15) is 6.10 Å². The summed E-state index contributed by atoms with van der Waals surface area (Å²) < 4.78 is 6.23. The third kappa shape index (κ3) is 2.76. The van der Waals surface area contributed by atoms with Gasteiger partial charge in [-0.1, -0.05) is 54.1 Å². The maximum absolute atomic E-state index is 6.25. The first-order chi connectivity index (χ1) is 10.1. The largest absolute Gasteiger partial charge is 0.487 e. The first-order valence-electron chi connectivity index (χ1n) is 7.55. The van der Waals surface area contributed by atoms with Gasteiger partial charge in [-0.3, -0.25) is 0 Å². The van der Waals surface area contributed by atoms with Gasteiger partial charge < -0.3 is 10.1 Å². The molecule has 3 rings (SSSR count). The second-order valence-electron chi connectivity index (χ2n) is 6.18. The Morgan fingerprint density at radius 2 is 1.71 bits per heavy atom. The second-order valence-corrected chi connectivity index (χ2v) is 7.43. The SMILES string of the molecule is CNC1CC(Oc2c(Cl)cc(Cl)cc2Cl)C12CCCCC2. The molecule has 1 aromatic rings. The van der Waals surface area contributed by atoms with Crippen molar-refractivity contribution in [1.82, 2.24) is 5.32 Å². The number of nitrogens with one attached hydrogen (secondary N) is 1. The van der Waals surface area contributed by atoms with Crippen LogP contribution in [0.3, 0.4) is 0 Å². The molecule has 0 amide bonds. The van der Waals surface area contributed by atoms with E-state index in [1.165, 1.54) is 32.1 Å². The molecule has 116 valence electrons. The number of hydrogen-bond acceptors (Lipinski definition) is 2. The Balaban J connectivity index is 1.82. The van der Waals surface area contributed by atoms with E-state index in [2.05, 4.69) is 5.32 Å². The molecule has 0 heterocycles. The summed E-state index contributed by atoms with van der Waals surface area (Å²) in [7, 11) is 2.04. The molecule has 2 aliphatic carbocycles. The lowest BCUT2D eigenvalue weighted by molar-refractivity contribution is -0.100. The minimum absolute atomic E-state index is 0.187. The number of hydrogen-bond donors (Lipinski definition) is 1. The molecule has 0 bridgehead atoms. The number of benzene rings is 1. The van der Waals surface area contributed by atoms with Crippen LogP contribution in [0.4, 0.5) is 0 Å². The van der Waals surface area contributed by atoms with Crippen LogP contribution in [-0.2, 0) is 0 Å². The molecule has 0 aromatic heterocycles. The molecule has 2 nitrogen and oxygen atoms in total. The van der Waals surface area contributed by atoms with E-state index in [1.54, 1.807) is 12.1 Å². The van der Waals surface area contributed by atoms with E-state index >= 15 is 0 Å². The third-order valence-electron chi connectivity index (χ3n) is 5.14. The Labute approximate surface area is 141 Å². The van der Waals surface area contributed by atoms with Gasteiger partial charge in [0, 0.05) is 22.9 Å². The summed E-state index contributed by atoms with van der Waals surface area (Å²) >= 11 is 18.5. The van der Waals surface area contributed by atoms with Gasteiger partial charge in [0.25, 0.3) is 0 Å². The average Bonchev–Trinajstić information content (AvgIpc) is 2.45. The van der Waals surface area contributed by atoms with Crippen molar-refractivity contribution in [3.63, 3.8) is 0 Å². The van der Waals surface area contributed by atoms with Gasteiger partial charge in [0.2, 0.25) is 0 Å². The lowest BCUT2D eigenvalue weighted by Gasteiger charge is -2.57. The third-order valence-corrected chi connectivity index (χ3v) is 5.92. The van der Waals surface area contributed by atoms with Crippen molar-refractivity contribution in [2.24, 2.45) is 5.41 Å². The van der Waals surface area contributed by atoms with Gasteiger partial charge >= 0.3 is 0 Å². The van der Waals surface area contributed by atoms with Crippen LogP contribution in [0, 0.1) is 5.41 Å². The van der Waals surface area contributed by atoms with E-state index in [0.29, 0.717) is 26.9 Å². The zero-order chi connectivity index (χ0) is 15.0. The molecule has 0 radical (unpaired) electrons. The lowest BCUT2D eigenvalue weighted by Crippen LogP contribution is -2.64. The van der Waals surface area contributed by atoms with Crippen LogP contribution < -0.4 is 10.1 Å². The van der Waals surface area contributed by atoms with Gasteiger partial charge in [-0.05, 0) is 32.0 Å². The van der Waals surface area contributed by atoms with E-state index in [9.17, 15) is 0 Å². The molecule has 2 unspecified atom stereocenters. The lowest BCUT2D eigenvalue weighted by atomic mass is 9.55. The van der Waals surface area contributed by atoms with Gasteiger partial charge in [-0.2, -0.15) is 0 Å². The van der Waals surface area contributed by atoms with Crippen molar-refractivity contribution in [3.05, 3.63) is 27.2 Å². The predicted molar refractivity (Wildman–Crippen MR) is 88.9 cm³/mol. The van der Waals surface area contributed by atoms with E-state index < -0.39 is 0 Å². The van der Waals surface area contributed by atoms with E-state index in [0.717, 1.165) is 6.42 Å². The van der Waals surface area contributed by atoms with Crippen LogP contribution >= 0.6 is 34.8 Å². The maximum atomic E-state index is 6.25. The smallest absolute Gasteiger partial charge is 0.157 e. The molecular formula is C16H20Cl3NO. The highest BCUT2D eigenvalue weighted by Gasteiger charge is 2.56. The zero-order valence-corrected chi connectivity index (χ0v) is 14.4. The molecule has 2 atom stereocenters. The topological polar surface area (TPSA) is 21.3 Å². The highest BCUT2D eigenvalue weighted by atomic mass is 35.5. The van der Waals surface area contributed by atoms with Crippen molar-refractivity contribution in [3.8, 4) is 5.75 Å². The maximum Gasteiger partial charge on any atom is 0.157 e. The molecular weight excluding hydrogens is 329 g/mol. The first-order valence-corrected chi connectivity index (χ1v) is 8.68. The summed E-state index contributed by atoms with van der Waals surface area (Å²) in [6.07, 6.45) is 7.50. The van der Waals surface area contributed by atoms with Crippen LogP contribution in [0.15, 0.2) is 12.1 Å². The molecule has 0 aliphatic heterocycles. The molecule has 2 aliphatic rings. The quantitative estimate of drug-likeness (QED) is 0.796. The Bertz CT molecular complexity index is 505. The zero-order valence-electron chi connectivity index (χ0n) is 12.1. The van der Waals surface area contributed by atoms with Crippen LogP contribution in [-0.4, -0.2) is 19.2 Å². The molecule has 0 saturated heterocycles. The Morgan fingerprint density at radius 3 is 2.29 bits per heavy atom. The standard InChI is InChI=1S/C16H20Cl3NO/c1-20-13-9-14(16(13)5-3-2-4-6-16)21-15-11(18)7-10(17)8-12(15)19/h7-8,13-14,20H,2-6,9H2,1H3. The van der Waals surface area contributed by atoms with Gasteiger partial charge in [0.05, 0.1) is 10.0 Å². The Hall–Kier alpha value is -0.150. The fraction of sp³-hybridized carbons (Fsp3) is 0.625. The highest BCUT2D eigenvalue weighted by molar-refractivity contribution is 6.40. The highest BCUT2D eigenvalue weighted by Crippen LogP contribution is 2.54. The molecule has 5 heteroatoms. The summed E-state index contributed by atoms with van der Waals surface area (Å²) in [5, 5.41) is 4.97. The fourth-order valence-corrected chi connectivity index (χ4v) is 4.89. The van der Waals surface area contributed by atoms with Crippen molar-refractivity contribution >= 4 is 34.8 Å². The number of halogens is 3. The Morgan fingerprint density at radius 1 is 1.10 bits per heavy atom. The van der Waals surface area contributed by atoms with Crippen molar-refractivity contribution in [1.29, 1.82) is 0 Å². The van der Waals surface area contributed by atoms with Gasteiger partial charge in [0.15, 0.2) is 5.75 Å². The Kier molecular flexibility index (Phi) is 4.61. The molecule has 1 N–H and O–H groups in total. The number of ether oxygens (including phenoxy) is 1. The summed E-state index contributed by atoms with van der Waals surface area (Å²) in [5.41, 5.74) is 0.235. The van der Waals surface area contributed by atoms with E-state index in [4.69, 9.17) is 39.5 Å². The van der Waals surface area contributed by atoms with Crippen LogP contribution in [0.5, 0.6) is 5.75 Å². The molecule has 2 fully saturated rings. The molecule has 21 heavy (non-hydrogen) atoms. The minimum atomic E-state index is 0.187. The van der Waals surface area contributed by atoms with Crippen molar-refractivity contribution in [2.45, 2.75) is 50.7 Å². The second kappa shape index (κ2) is 6.16. The summed E-state index contributed by atoms with van der Waals surface area (Å²) in [5.74, 6) is 0.576. The van der Waals surface area contributed by atoms with Gasteiger partial charge in [-0.15, -0.1) is 0 Å². The minimum Gasteiger partial charge on any atom is -0.487 e. The van der Waals surface area contributed by atoms with Gasteiger partial charge in [-0.25, -0.2) is 0 Å². The summed E-state index contributed by atoms with van der Waals surface area (Å²) in [4.78, 5) is 0. The number of rotatable bonds is 3. The van der Waals surface area contributed by atoms with Crippen molar-refractivity contribution in [2.75, 3.05) is 7.05 Å². The monoisotopic (exact) mass is 347 g/mol. The van der Waals surface area contributed by atoms with E-state index in [1.807, 2.05) is 7.05 Å². The molecule has 2 saturated carbocycles. The fourth-order valence-electron chi connectivity index (χ4n) is 3.98.